The van der Waals surface area contributed by atoms with Gasteiger partial charge in [-0.1, -0.05) is 0 Å². The summed E-state index contributed by atoms with van der Waals surface area (Å²) < 4.78 is 31.9. The van der Waals surface area contributed by atoms with Crippen molar-refractivity contribution in [3.8, 4) is 0 Å². The fraction of sp³-hybridized carbons (Fsp3) is 0. The van der Waals surface area contributed by atoms with Gasteiger partial charge < -0.3 is 0 Å². The second-order valence-electron chi connectivity index (χ2n) is 0.448. The van der Waals surface area contributed by atoms with Crippen molar-refractivity contribution in [2.75, 3.05) is 0 Å². The van der Waals surface area contributed by atoms with Crippen LogP contribution in [0.3, 0.4) is 0 Å². The van der Waals surface area contributed by atoms with E-state index in [4.69, 9.17) is 16.0 Å². The van der Waals surface area contributed by atoms with E-state index in [1.54, 1.807) is 0 Å². The molecule has 4 nitrogen and oxygen atoms in total. The van der Waals surface area contributed by atoms with Gasteiger partial charge in [0.05, 0.1) is 0 Å². The molecular formula is H4O4Se. The van der Waals surface area contributed by atoms with Crippen LogP contribution in [0.5, 0.6) is 0 Å². The predicted molar refractivity (Wildman–Crippen MR) is 13.7 cm³/mol. The molecule has 0 fully saturated rings. The molecule has 0 amide bonds. The molecule has 0 aliphatic carbocycles. The monoisotopic (exact) mass is 149 g/mol. The van der Waals surface area contributed by atoms with E-state index in [-0.39, 0.29) is 1.43 Å². The molecule has 0 saturated heterocycles. The Morgan fingerprint density at radius 2 is 1.40 bits per heavy atom. The van der Waals surface area contributed by atoms with Crippen molar-refractivity contribution in [3.05, 3.63) is 0 Å². The van der Waals surface area contributed by atoms with Crippen molar-refractivity contribution in [2.45, 2.75) is 0 Å². The molecule has 5 heavy (non-hydrogen) atoms. The maximum atomic E-state index is 8.82. The van der Waals surface area contributed by atoms with Gasteiger partial charge in [0.1, 0.15) is 0 Å². The Morgan fingerprint density at radius 3 is 1.40 bits per heavy atom. The minimum Gasteiger partial charge on any atom is 0 e. The van der Waals surface area contributed by atoms with Gasteiger partial charge in [-0.05, 0) is 0 Å². The van der Waals surface area contributed by atoms with Crippen LogP contribution in [0, 0.1) is 0 Å². The normalized spacial score (nSPS) is 11.6. The summed E-state index contributed by atoms with van der Waals surface area (Å²) in [6.07, 6.45) is 0. The fourth-order valence-corrected chi connectivity index (χ4v) is 0. The topological polar surface area (TPSA) is 74.6 Å². The Bertz CT molecular complexity index is 90.7. The molecule has 0 aliphatic rings. The van der Waals surface area contributed by atoms with Gasteiger partial charge in [0.15, 0.2) is 0 Å². The molecule has 0 aliphatic heterocycles. The Hall–Kier alpha value is 0.0395. The summed E-state index contributed by atoms with van der Waals surface area (Å²) in [5.74, 6) is 0. The van der Waals surface area contributed by atoms with Crippen LogP contribution < -0.4 is 0 Å². The first-order chi connectivity index (χ1) is 2.00. The molecule has 0 unspecified atom stereocenters. The van der Waals surface area contributed by atoms with Crippen molar-refractivity contribution in [1.82, 2.24) is 0 Å². The average Bonchev–Trinajstić information content (AvgIpc) is 0.722. The first-order valence-corrected chi connectivity index (χ1v) is 3.63. The number of hydrogen-bond donors (Lipinski definition) is 2. The van der Waals surface area contributed by atoms with Crippen LogP contribution in [0.2, 0.25) is 0 Å². The van der Waals surface area contributed by atoms with Crippen LogP contribution in [0.15, 0.2) is 0 Å². The summed E-state index contributed by atoms with van der Waals surface area (Å²) in [4.78, 5) is 0. The maximum absolute atomic E-state index is 8.82. The van der Waals surface area contributed by atoms with Crippen LogP contribution in [-0.4, -0.2) is 21.7 Å². The molecule has 0 spiro atoms. The Labute approximate surface area is 31.8 Å². The van der Waals surface area contributed by atoms with Gasteiger partial charge in [0.2, 0.25) is 0 Å². The number of hydrogen-bond acceptors (Lipinski definition) is 2. The van der Waals surface area contributed by atoms with Crippen LogP contribution in [0.1, 0.15) is 1.43 Å². The van der Waals surface area contributed by atoms with Gasteiger partial charge in [-0.3, -0.25) is 0 Å². The molecule has 0 saturated carbocycles. The largest absolute Gasteiger partial charge is 0 e. The maximum Gasteiger partial charge on any atom is 0 e. The third kappa shape index (κ3) is 10800. The molecule has 5 heteroatoms. The summed E-state index contributed by atoms with van der Waals surface area (Å²) in [5.41, 5.74) is 0. The molecule has 2 N–H and O–H groups in total. The zero-order valence-corrected chi connectivity index (χ0v) is 3.83. The van der Waals surface area contributed by atoms with Crippen molar-refractivity contribution >= 4 is 13.4 Å². The van der Waals surface area contributed by atoms with Crippen LogP contribution in [0.25, 0.3) is 0 Å². The van der Waals surface area contributed by atoms with Gasteiger partial charge in [-0.25, -0.2) is 0 Å². The summed E-state index contributed by atoms with van der Waals surface area (Å²) in [6.45, 7) is 0. The van der Waals surface area contributed by atoms with Crippen molar-refractivity contribution in [3.63, 3.8) is 0 Å². The zero-order chi connectivity index (χ0) is 4.50. The third-order valence-electron chi connectivity index (χ3n) is 0. The summed E-state index contributed by atoms with van der Waals surface area (Å²) in [6, 6.07) is 0. The molecule has 0 aromatic carbocycles. The Balaban J connectivity index is 0. The fourth-order valence-electron chi connectivity index (χ4n) is 0. The van der Waals surface area contributed by atoms with Crippen LogP contribution >= 0.6 is 0 Å². The van der Waals surface area contributed by atoms with Crippen molar-refractivity contribution in [2.24, 2.45) is 0 Å². The molecule has 0 heterocycles. The smallest absolute Gasteiger partial charge is 0 e. The van der Waals surface area contributed by atoms with Crippen molar-refractivity contribution < 1.29 is 17.5 Å². The Kier molecular flexibility index (Phi) is 1.03. The van der Waals surface area contributed by atoms with E-state index in [0.717, 1.165) is 0 Å². The van der Waals surface area contributed by atoms with Gasteiger partial charge in [0.25, 0.3) is 0 Å². The first kappa shape index (κ1) is 5.04. The van der Waals surface area contributed by atoms with Crippen molar-refractivity contribution in [1.29, 1.82) is 0 Å². The SMILES string of the molecule is O=[Se](=O)(O)O.[2HH]. The van der Waals surface area contributed by atoms with E-state index in [0.29, 0.717) is 0 Å². The van der Waals surface area contributed by atoms with E-state index < -0.39 is 13.4 Å². The summed E-state index contributed by atoms with van der Waals surface area (Å²) in [5, 5.41) is 0. The van der Waals surface area contributed by atoms with E-state index in [2.05, 4.69) is 0 Å². The van der Waals surface area contributed by atoms with E-state index >= 15 is 0 Å². The van der Waals surface area contributed by atoms with Gasteiger partial charge >= 0.3 is 29.4 Å². The molecule has 0 rings (SSSR count). The Morgan fingerprint density at radius 1 is 1.40 bits per heavy atom. The molecular weight excluding hydrogens is 143 g/mol. The second kappa shape index (κ2) is 1.02. The third-order valence-corrected chi connectivity index (χ3v) is 0. The molecule has 0 atom stereocenters. The van der Waals surface area contributed by atoms with Crippen LogP contribution in [0.4, 0.5) is 0 Å². The van der Waals surface area contributed by atoms with E-state index in [1.807, 2.05) is 0 Å². The van der Waals surface area contributed by atoms with E-state index in [1.165, 1.54) is 0 Å². The predicted octanol–water partition coefficient (Wildman–Crippen LogP) is -1.49. The minimum absolute atomic E-state index is 0. The molecule has 0 aromatic heterocycles. The van der Waals surface area contributed by atoms with Gasteiger partial charge in [-0.2, -0.15) is 0 Å². The summed E-state index contributed by atoms with van der Waals surface area (Å²) in [7, 11) is 0. The number of rotatable bonds is 0. The van der Waals surface area contributed by atoms with Gasteiger partial charge in [-0.15, -0.1) is 0 Å². The second-order valence-corrected chi connectivity index (χ2v) is 2.33. The van der Waals surface area contributed by atoms with Crippen LogP contribution in [-0.2, 0) is 7.67 Å². The minimum atomic E-state index is -5.25. The van der Waals surface area contributed by atoms with E-state index in [9.17, 15) is 0 Å². The first-order valence-electron chi connectivity index (χ1n) is 0.698. The zero-order valence-electron chi connectivity index (χ0n) is 2.12. The standard InChI is InChI=1S/H2O4Se.H2/c1-5(2,3)4;/h(H2,1,2,3,4);1H/i;1+1. The quantitative estimate of drug-likeness (QED) is 0.410. The average molecular weight is 148 g/mol. The molecule has 0 aromatic rings. The molecule has 0 bridgehead atoms. The molecule has 34 valence electrons. The summed E-state index contributed by atoms with van der Waals surface area (Å²) >= 11 is -5.25. The van der Waals surface area contributed by atoms with Gasteiger partial charge in [0, 0.05) is 1.43 Å². The molecule has 0 radical (unpaired) electrons.